The molecule has 86 valence electrons. The van der Waals surface area contributed by atoms with Crippen molar-refractivity contribution in [1.82, 2.24) is 9.38 Å². The van der Waals surface area contributed by atoms with Gasteiger partial charge in [0.25, 0.3) is 6.43 Å². The highest BCUT2D eigenvalue weighted by molar-refractivity contribution is 5.40. The van der Waals surface area contributed by atoms with Gasteiger partial charge >= 0.3 is 0 Å². The average Bonchev–Trinajstić information content (AvgIpc) is 2.61. The highest BCUT2D eigenvalue weighted by Gasteiger charge is 2.31. The Morgan fingerprint density at radius 2 is 2.25 bits per heavy atom. The van der Waals surface area contributed by atoms with Crippen LogP contribution in [0.4, 0.5) is 8.78 Å². The third-order valence-corrected chi connectivity index (χ3v) is 2.55. The van der Waals surface area contributed by atoms with Crippen LogP contribution >= 0.6 is 0 Å². The summed E-state index contributed by atoms with van der Waals surface area (Å²) in [6, 6.07) is 5.50. The van der Waals surface area contributed by atoms with Crippen LogP contribution in [-0.4, -0.2) is 21.3 Å². The minimum absolute atomic E-state index is 0.0931. The first-order valence-electron chi connectivity index (χ1n) is 4.99. The summed E-state index contributed by atoms with van der Waals surface area (Å²) >= 11 is 0. The van der Waals surface area contributed by atoms with E-state index >= 15 is 0 Å². The minimum Gasteiger partial charge on any atom is -0.320 e. The van der Waals surface area contributed by atoms with Crippen LogP contribution < -0.4 is 5.73 Å². The standard InChI is InChI=1S/C11H13F2N3/c1-11(14,10(12)13)6-8-7-15-9-4-2-3-5-16(8)9/h2-5,7,10H,6,14H2,1H3. The van der Waals surface area contributed by atoms with Crippen LogP contribution in [0.1, 0.15) is 12.6 Å². The van der Waals surface area contributed by atoms with Gasteiger partial charge < -0.3 is 10.1 Å². The predicted octanol–water partition coefficient (Wildman–Crippen LogP) is 1.86. The van der Waals surface area contributed by atoms with Gasteiger partial charge in [-0.2, -0.15) is 0 Å². The fourth-order valence-corrected chi connectivity index (χ4v) is 1.58. The van der Waals surface area contributed by atoms with Gasteiger partial charge in [-0.25, -0.2) is 13.8 Å². The fraction of sp³-hybridized carbons (Fsp3) is 0.364. The van der Waals surface area contributed by atoms with E-state index in [9.17, 15) is 8.78 Å². The molecule has 0 amide bonds. The van der Waals surface area contributed by atoms with Crippen LogP contribution in [0.25, 0.3) is 5.65 Å². The van der Waals surface area contributed by atoms with Crippen LogP contribution in [0.5, 0.6) is 0 Å². The zero-order valence-electron chi connectivity index (χ0n) is 8.90. The van der Waals surface area contributed by atoms with Crippen molar-refractivity contribution in [3.05, 3.63) is 36.3 Å². The molecule has 1 unspecified atom stereocenters. The van der Waals surface area contributed by atoms with Crippen LogP contribution in [0, 0.1) is 0 Å². The minimum atomic E-state index is -2.55. The van der Waals surface area contributed by atoms with Crippen molar-refractivity contribution >= 4 is 5.65 Å². The number of hydrogen-bond donors (Lipinski definition) is 1. The zero-order chi connectivity index (χ0) is 11.8. The van der Waals surface area contributed by atoms with Gasteiger partial charge in [-0.15, -0.1) is 0 Å². The first-order valence-corrected chi connectivity index (χ1v) is 4.99. The van der Waals surface area contributed by atoms with Gasteiger partial charge in [0.2, 0.25) is 0 Å². The Morgan fingerprint density at radius 3 is 2.94 bits per heavy atom. The quantitative estimate of drug-likeness (QED) is 0.866. The molecule has 0 saturated carbocycles. The molecule has 0 aliphatic rings. The van der Waals surface area contributed by atoms with E-state index in [2.05, 4.69) is 4.98 Å². The highest BCUT2D eigenvalue weighted by atomic mass is 19.3. The second-order valence-corrected chi connectivity index (χ2v) is 4.16. The first kappa shape index (κ1) is 11.0. The van der Waals surface area contributed by atoms with Crippen molar-refractivity contribution in [2.75, 3.05) is 0 Å². The number of rotatable bonds is 3. The SMILES string of the molecule is CC(N)(Cc1cnc2ccccn12)C(F)F. The van der Waals surface area contributed by atoms with E-state index in [1.54, 1.807) is 16.8 Å². The summed E-state index contributed by atoms with van der Waals surface area (Å²) in [5.74, 6) is 0. The number of imidazole rings is 1. The van der Waals surface area contributed by atoms with Crippen molar-refractivity contribution in [2.45, 2.75) is 25.3 Å². The molecule has 2 N–H and O–H groups in total. The predicted molar refractivity (Wildman–Crippen MR) is 57.5 cm³/mol. The molecular formula is C11H13F2N3. The maximum atomic E-state index is 12.6. The summed E-state index contributed by atoms with van der Waals surface area (Å²) in [6.45, 7) is 1.35. The van der Waals surface area contributed by atoms with E-state index in [0.29, 0.717) is 5.69 Å². The number of nitrogens with zero attached hydrogens (tertiary/aromatic N) is 2. The number of hydrogen-bond acceptors (Lipinski definition) is 2. The van der Waals surface area contributed by atoms with Crippen molar-refractivity contribution in [3.8, 4) is 0 Å². The molecule has 2 aromatic heterocycles. The number of aromatic nitrogens is 2. The summed E-state index contributed by atoms with van der Waals surface area (Å²) < 4.78 is 27.1. The number of pyridine rings is 1. The van der Waals surface area contributed by atoms with Crippen LogP contribution in [-0.2, 0) is 6.42 Å². The van der Waals surface area contributed by atoms with Crippen molar-refractivity contribution in [2.24, 2.45) is 5.73 Å². The van der Waals surface area contributed by atoms with Gasteiger partial charge in [0.05, 0.1) is 5.54 Å². The van der Waals surface area contributed by atoms with Gasteiger partial charge in [-0.05, 0) is 19.1 Å². The second kappa shape index (κ2) is 3.83. The van der Waals surface area contributed by atoms with E-state index < -0.39 is 12.0 Å². The summed E-state index contributed by atoms with van der Waals surface area (Å²) in [5.41, 5.74) is 5.46. The van der Waals surface area contributed by atoms with Crippen molar-refractivity contribution in [3.63, 3.8) is 0 Å². The van der Waals surface area contributed by atoms with E-state index in [0.717, 1.165) is 5.65 Å². The number of halogens is 2. The lowest BCUT2D eigenvalue weighted by Gasteiger charge is -2.22. The molecule has 0 fully saturated rings. The largest absolute Gasteiger partial charge is 0.320 e. The molecule has 2 aromatic rings. The first-order chi connectivity index (χ1) is 7.50. The molecule has 0 aliphatic carbocycles. The average molecular weight is 225 g/mol. The molecule has 2 heterocycles. The Balaban J connectivity index is 2.35. The topological polar surface area (TPSA) is 43.3 Å². The van der Waals surface area contributed by atoms with Gasteiger partial charge in [0.15, 0.2) is 0 Å². The van der Waals surface area contributed by atoms with Gasteiger partial charge in [0, 0.05) is 24.5 Å². The molecule has 0 saturated heterocycles. The molecule has 0 spiro atoms. The fourth-order valence-electron chi connectivity index (χ4n) is 1.58. The maximum absolute atomic E-state index is 12.6. The summed E-state index contributed by atoms with van der Waals surface area (Å²) in [5, 5.41) is 0. The molecule has 16 heavy (non-hydrogen) atoms. The normalized spacial score (nSPS) is 15.6. The Hall–Kier alpha value is -1.49. The molecule has 0 aliphatic heterocycles. The van der Waals surface area contributed by atoms with E-state index in [4.69, 9.17) is 5.73 Å². The molecule has 2 rings (SSSR count). The Bertz CT molecular complexity index is 491. The Morgan fingerprint density at radius 1 is 1.50 bits per heavy atom. The monoisotopic (exact) mass is 225 g/mol. The van der Waals surface area contributed by atoms with Crippen molar-refractivity contribution < 1.29 is 8.78 Å². The highest BCUT2D eigenvalue weighted by Crippen LogP contribution is 2.19. The molecular weight excluding hydrogens is 212 g/mol. The van der Waals surface area contributed by atoms with Gasteiger partial charge in [0.1, 0.15) is 5.65 Å². The van der Waals surface area contributed by atoms with Crippen LogP contribution in [0.3, 0.4) is 0 Å². The molecule has 5 heteroatoms. The summed E-state index contributed by atoms with van der Waals surface area (Å²) in [4.78, 5) is 4.12. The Labute approximate surface area is 91.9 Å². The lowest BCUT2D eigenvalue weighted by molar-refractivity contribution is 0.0633. The number of nitrogens with two attached hydrogens (primary N) is 1. The molecule has 0 radical (unpaired) electrons. The van der Waals surface area contributed by atoms with E-state index in [1.165, 1.54) is 6.92 Å². The zero-order valence-corrected chi connectivity index (χ0v) is 8.90. The van der Waals surface area contributed by atoms with Crippen LogP contribution in [0.2, 0.25) is 0 Å². The lowest BCUT2D eigenvalue weighted by Crippen LogP contribution is -2.46. The van der Waals surface area contributed by atoms with Gasteiger partial charge in [-0.3, -0.25) is 0 Å². The smallest absolute Gasteiger partial charge is 0.256 e. The molecule has 0 aromatic carbocycles. The summed E-state index contributed by atoms with van der Waals surface area (Å²) in [7, 11) is 0. The second-order valence-electron chi connectivity index (χ2n) is 4.16. The summed E-state index contributed by atoms with van der Waals surface area (Å²) in [6.07, 6.45) is 0.916. The lowest BCUT2D eigenvalue weighted by atomic mass is 9.98. The van der Waals surface area contributed by atoms with Crippen molar-refractivity contribution in [1.29, 1.82) is 0 Å². The maximum Gasteiger partial charge on any atom is 0.256 e. The van der Waals surface area contributed by atoms with E-state index in [1.807, 2.05) is 18.2 Å². The van der Waals surface area contributed by atoms with Gasteiger partial charge in [-0.1, -0.05) is 6.07 Å². The van der Waals surface area contributed by atoms with Crippen LogP contribution in [0.15, 0.2) is 30.6 Å². The van der Waals surface area contributed by atoms with E-state index in [-0.39, 0.29) is 6.42 Å². The Kier molecular flexibility index (Phi) is 2.63. The third kappa shape index (κ3) is 1.90. The molecule has 3 nitrogen and oxygen atoms in total. The number of alkyl halides is 2. The number of fused-ring (bicyclic) bond motifs is 1. The molecule has 0 bridgehead atoms. The third-order valence-electron chi connectivity index (χ3n) is 2.55. The molecule has 1 atom stereocenters.